The lowest BCUT2D eigenvalue weighted by Crippen LogP contribution is -2.47. The van der Waals surface area contributed by atoms with Gasteiger partial charge in [0, 0.05) is 51.8 Å². The molecule has 0 aromatic heterocycles. The molecule has 1 saturated carbocycles. The van der Waals surface area contributed by atoms with Crippen LogP contribution >= 0.6 is 23.2 Å². The number of piperazine rings is 1. The van der Waals surface area contributed by atoms with Crippen molar-refractivity contribution in [3.8, 4) is 0 Å². The van der Waals surface area contributed by atoms with Crippen LogP contribution in [-0.2, 0) is 0 Å². The van der Waals surface area contributed by atoms with Crippen LogP contribution in [0, 0.1) is 5.92 Å². The summed E-state index contributed by atoms with van der Waals surface area (Å²) in [6.07, 6.45) is 0.0511. The Morgan fingerprint density at radius 1 is 1.21 bits per heavy atom. The van der Waals surface area contributed by atoms with Crippen molar-refractivity contribution >= 4 is 34.9 Å². The van der Waals surface area contributed by atoms with E-state index in [1.807, 2.05) is 0 Å². The molecule has 1 aliphatic carbocycles. The summed E-state index contributed by atoms with van der Waals surface area (Å²) < 4.78 is 58.9. The molecule has 156 valence electrons. The second kappa shape index (κ2) is 10.0. The molecular weight excluding hydrogens is 395 g/mol. The van der Waals surface area contributed by atoms with E-state index >= 15 is 0 Å². The van der Waals surface area contributed by atoms with Gasteiger partial charge >= 0.3 is 6.03 Å². The van der Waals surface area contributed by atoms with E-state index in [9.17, 15) is 4.79 Å². The first-order valence-electron chi connectivity index (χ1n) is 13.1. The van der Waals surface area contributed by atoms with E-state index in [2.05, 4.69) is 5.32 Å². The van der Waals surface area contributed by atoms with Crippen LogP contribution in [0.4, 0.5) is 10.5 Å². The zero-order chi connectivity index (χ0) is 26.3. The Bertz CT molecular complexity index is 921. The largest absolute Gasteiger partial charge is 0.368 e. The summed E-state index contributed by atoms with van der Waals surface area (Å²) in [6.45, 7) is -1.27. The number of amides is 2. The van der Waals surface area contributed by atoms with Gasteiger partial charge < -0.3 is 15.1 Å². The highest BCUT2D eigenvalue weighted by molar-refractivity contribution is 6.43. The summed E-state index contributed by atoms with van der Waals surface area (Å²) in [4.78, 5) is 16.6. The quantitative estimate of drug-likeness (QED) is 0.750. The van der Waals surface area contributed by atoms with Gasteiger partial charge in [0.1, 0.15) is 0 Å². The Morgan fingerprint density at radius 3 is 2.54 bits per heavy atom. The molecule has 1 N–H and O–H groups in total. The van der Waals surface area contributed by atoms with Crippen LogP contribution in [-0.4, -0.2) is 68.6 Å². The van der Waals surface area contributed by atoms with Gasteiger partial charge in [-0.15, -0.1) is 0 Å². The zero-order valence-electron chi connectivity index (χ0n) is 23.3. The smallest absolute Gasteiger partial charge is 0.317 e. The average Bonchev–Trinajstić information content (AvgIpc) is 2.82. The van der Waals surface area contributed by atoms with Crippen LogP contribution in [0.25, 0.3) is 0 Å². The molecule has 0 radical (unpaired) electrons. The summed E-state index contributed by atoms with van der Waals surface area (Å²) in [7, 11) is 3.33. The molecule has 1 saturated heterocycles. The summed E-state index contributed by atoms with van der Waals surface area (Å²) in [5, 5.41) is 2.87. The third-order valence-electron chi connectivity index (χ3n) is 5.24. The normalized spacial score (nSPS) is 28.1. The molecule has 3 rings (SSSR count). The van der Waals surface area contributed by atoms with E-state index < -0.39 is 18.8 Å². The van der Waals surface area contributed by atoms with Crippen LogP contribution in [0.15, 0.2) is 18.1 Å². The van der Waals surface area contributed by atoms with Crippen molar-refractivity contribution in [3.63, 3.8) is 0 Å². The first-order chi connectivity index (χ1) is 16.2. The van der Waals surface area contributed by atoms with Crippen LogP contribution in [0.2, 0.25) is 10.0 Å². The fraction of sp³-hybridized carbons (Fsp3) is 0.667. The van der Waals surface area contributed by atoms with E-state index in [4.69, 9.17) is 32.8 Å². The summed E-state index contributed by atoms with van der Waals surface area (Å²) in [6, 6.07) is -1.05. The highest BCUT2D eigenvalue weighted by Crippen LogP contribution is 2.33. The zero-order valence-corrected chi connectivity index (χ0v) is 17.8. The third-order valence-corrected chi connectivity index (χ3v) is 5.99. The minimum atomic E-state index is -2.22. The first-order valence-corrected chi connectivity index (χ1v) is 10.4. The number of carbonyl (C=O) groups excluding carboxylic acids is 1. The number of urea groups is 1. The first kappa shape index (κ1) is 13.9. The van der Waals surface area contributed by atoms with Gasteiger partial charge in [0.2, 0.25) is 0 Å². The van der Waals surface area contributed by atoms with Crippen LogP contribution in [0.3, 0.4) is 0 Å². The molecule has 28 heavy (non-hydrogen) atoms. The van der Waals surface area contributed by atoms with Gasteiger partial charge in [-0.3, -0.25) is 4.90 Å². The molecule has 7 heteroatoms. The minimum Gasteiger partial charge on any atom is -0.368 e. The summed E-state index contributed by atoms with van der Waals surface area (Å²) in [5.74, 6) is -0.480. The van der Waals surface area contributed by atoms with Crippen molar-refractivity contribution in [2.45, 2.75) is 38.1 Å². The van der Waals surface area contributed by atoms with Gasteiger partial charge in [-0.25, -0.2) is 4.79 Å². The van der Waals surface area contributed by atoms with E-state index in [-0.39, 0.29) is 72.1 Å². The van der Waals surface area contributed by atoms with Crippen LogP contribution in [0.1, 0.15) is 41.7 Å². The maximum absolute atomic E-state index is 11.9. The standard InChI is InChI=1S/C21H32Cl2N4O/c1-25(2)21(28)24-17-8-6-16(7-9-17)10-11-26-12-14-27(15-13-26)19-5-3-4-18(22)20(19)23/h3-5,16-17H,6-15H2,1-2H3,(H,24,28)/i3D,4D,5D,10D2,11D2. The average molecular weight is 434 g/mol. The molecule has 1 aromatic carbocycles. The molecule has 5 nitrogen and oxygen atoms in total. The molecule has 0 bridgehead atoms. The Hall–Kier alpha value is -1.17. The Labute approximate surface area is 188 Å². The predicted octanol–water partition coefficient (Wildman–Crippen LogP) is 4.34. The molecule has 1 aromatic rings. The fourth-order valence-corrected chi connectivity index (χ4v) is 3.84. The van der Waals surface area contributed by atoms with Crippen LogP contribution in [0.5, 0.6) is 0 Å². The second-order valence-corrected chi connectivity index (χ2v) is 8.23. The molecule has 0 atom stereocenters. The number of halogens is 2. The lowest BCUT2D eigenvalue weighted by molar-refractivity contribution is 0.194. The number of rotatable bonds is 5. The maximum Gasteiger partial charge on any atom is 0.317 e. The Kier molecular flexibility index (Phi) is 5.00. The predicted molar refractivity (Wildman–Crippen MR) is 118 cm³/mol. The van der Waals surface area contributed by atoms with E-state index in [1.165, 1.54) is 9.80 Å². The Morgan fingerprint density at radius 2 is 1.89 bits per heavy atom. The summed E-state index contributed by atoms with van der Waals surface area (Å²) >= 11 is 12.4. The van der Waals surface area contributed by atoms with E-state index in [0.717, 1.165) is 0 Å². The highest BCUT2D eigenvalue weighted by Gasteiger charge is 2.24. The van der Waals surface area contributed by atoms with Crippen molar-refractivity contribution in [2.75, 3.05) is 51.7 Å². The van der Waals surface area contributed by atoms with E-state index in [1.54, 1.807) is 19.0 Å². The fourth-order valence-electron chi connectivity index (χ4n) is 3.49. The van der Waals surface area contributed by atoms with Gasteiger partial charge in [0.25, 0.3) is 0 Å². The highest BCUT2D eigenvalue weighted by atomic mass is 35.5. The molecule has 0 unspecified atom stereocenters. The van der Waals surface area contributed by atoms with Crippen molar-refractivity contribution < 1.29 is 14.4 Å². The van der Waals surface area contributed by atoms with Crippen molar-refractivity contribution in [3.05, 3.63) is 28.2 Å². The third kappa shape index (κ3) is 5.68. The van der Waals surface area contributed by atoms with Gasteiger partial charge in [0.05, 0.1) is 19.8 Å². The van der Waals surface area contributed by atoms with Gasteiger partial charge in [-0.1, -0.05) is 29.2 Å². The van der Waals surface area contributed by atoms with Gasteiger partial charge in [-0.05, 0) is 56.6 Å². The molecule has 2 amide bonds. The molecule has 0 spiro atoms. The van der Waals surface area contributed by atoms with Crippen molar-refractivity contribution in [1.82, 2.24) is 15.1 Å². The molecule has 2 fully saturated rings. The molecular formula is C21H32Cl2N4O. The van der Waals surface area contributed by atoms with E-state index in [0.29, 0.717) is 25.7 Å². The number of carbonyl (C=O) groups is 1. The lowest BCUT2D eigenvalue weighted by Gasteiger charge is -2.37. The molecule has 1 aliphatic heterocycles. The SMILES string of the molecule is [2H]c1c([2H])c(Cl)c(Cl)c(N2CCN(C([2H])([2H])C([2H])([2H])C3CCC(NC(=O)N(C)C)CC3)CC2)c1[2H]. The summed E-state index contributed by atoms with van der Waals surface area (Å²) in [5.41, 5.74) is 0.249. The molecule has 1 heterocycles. The second-order valence-electron chi connectivity index (χ2n) is 7.47. The van der Waals surface area contributed by atoms with Crippen molar-refractivity contribution in [1.29, 1.82) is 0 Å². The van der Waals surface area contributed by atoms with Crippen molar-refractivity contribution in [2.24, 2.45) is 5.92 Å². The number of benzene rings is 1. The number of hydrogen-bond donors (Lipinski definition) is 1. The number of anilines is 1. The topological polar surface area (TPSA) is 38.8 Å². The number of nitrogens with zero attached hydrogens (tertiary/aromatic N) is 3. The molecule has 2 aliphatic rings. The Balaban J connectivity index is 1.66. The minimum absolute atomic E-state index is 0.0302. The van der Waals surface area contributed by atoms with Gasteiger partial charge in [-0.2, -0.15) is 0 Å². The number of hydrogen-bond acceptors (Lipinski definition) is 3. The van der Waals surface area contributed by atoms with Gasteiger partial charge in [0.15, 0.2) is 0 Å². The van der Waals surface area contributed by atoms with Crippen LogP contribution < -0.4 is 10.2 Å². The monoisotopic (exact) mass is 433 g/mol. The maximum atomic E-state index is 11.9. The lowest BCUT2D eigenvalue weighted by atomic mass is 9.84. The number of nitrogens with one attached hydrogen (secondary N) is 1.